The molecule has 1 aliphatic heterocycles. The third-order valence-electron chi connectivity index (χ3n) is 7.62. The number of benzene rings is 3. The molecule has 0 radical (unpaired) electrons. The van der Waals surface area contributed by atoms with Crippen LogP contribution >= 0.6 is 0 Å². The van der Waals surface area contributed by atoms with Gasteiger partial charge in [-0.15, -0.1) is 0 Å². The summed E-state index contributed by atoms with van der Waals surface area (Å²) in [6.07, 6.45) is -0.845. The maximum absolute atomic E-state index is 16.5. The van der Waals surface area contributed by atoms with E-state index < -0.39 is 53.5 Å². The summed E-state index contributed by atoms with van der Waals surface area (Å²) in [7, 11) is 3.02. The Labute approximate surface area is 286 Å². The summed E-state index contributed by atoms with van der Waals surface area (Å²) in [6, 6.07) is 20.3. The number of hydrogen-bond acceptors (Lipinski definition) is 11. The first-order valence-corrected chi connectivity index (χ1v) is 15.5. The second kappa shape index (κ2) is 15.8. The summed E-state index contributed by atoms with van der Waals surface area (Å²) >= 11 is 0. The van der Waals surface area contributed by atoms with E-state index in [0.717, 1.165) is 17.5 Å². The number of anilines is 1. The Balaban J connectivity index is 1.60. The average molecular weight is 686 g/mol. The number of esters is 1. The van der Waals surface area contributed by atoms with Gasteiger partial charge in [0, 0.05) is 32.3 Å². The normalized spacial score (nSPS) is 12.8. The quantitative estimate of drug-likeness (QED) is 0.158. The highest BCUT2D eigenvalue weighted by molar-refractivity contribution is 5.99. The first-order chi connectivity index (χ1) is 24.1. The fraction of sp³-hybridized carbons (Fsp3) is 0.250. The maximum Gasteiger partial charge on any atom is 0.329 e. The van der Waals surface area contributed by atoms with E-state index in [1.165, 1.54) is 31.2 Å². The van der Waals surface area contributed by atoms with E-state index in [4.69, 9.17) is 18.9 Å². The van der Waals surface area contributed by atoms with Gasteiger partial charge in [0.2, 0.25) is 11.6 Å². The van der Waals surface area contributed by atoms with Gasteiger partial charge in [0.1, 0.15) is 29.9 Å². The van der Waals surface area contributed by atoms with Crippen molar-refractivity contribution in [3.63, 3.8) is 0 Å². The summed E-state index contributed by atoms with van der Waals surface area (Å²) in [5.74, 6) is -5.93. The van der Waals surface area contributed by atoms with Crippen molar-refractivity contribution in [1.82, 2.24) is 9.88 Å². The van der Waals surface area contributed by atoms with Crippen molar-refractivity contribution < 1.29 is 42.4 Å². The molecule has 14 heteroatoms. The Morgan fingerprint density at radius 1 is 1.02 bits per heavy atom. The molecule has 50 heavy (non-hydrogen) atoms. The predicted octanol–water partition coefficient (Wildman–Crippen LogP) is 5.93. The lowest BCUT2D eigenvalue weighted by Gasteiger charge is -2.28. The Hall–Kier alpha value is -6.23. The van der Waals surface area contributed by atoms with Crippen molar-refractivity contribution in [3.05, 3.63) is 101 Å². The van der Waals surface area contributed by atoms with Crippen LogP contribution in [0.3, 0.4) is 0 Å². The van der Waals surface area contributed by atoms with Crippen molar-refractivity contribution in [3.8, 4) is 35.1 Å². The first-order valence-electron chi connectivity index (χ1n) is 15.5. The minimum absolute atomic E-state index is 0.0952. The SMILES string of the molecule is CCOC(=O)C(CC(=O)O)N(C)c1c(F)c(Oc2cccc(C3=NCCN3C)c2)nc(Oc2cc(C#N)ccc2OCc2ccccc2)c1F. The number of likely N-dealkylation sites (N-methyl/N-ethyl adjacent to an activating group) is 2. The number of nitrogens with zero attached hydrogens (tertiary/aromatic N) is 5. The van der Waals surface area contributed by atoms with Crippen LogP contribution in [0, 0.1) is 23.0 Å². The van der Waals surface area contributed by atoms with E-state index >= 15 is 8.78 Å². The number of carbonyl (C=O) groups excluding carboxylic acids is 1. The molecule has 1 atom stereocenters. The molecule has 1 aromatic heterocycles. The lowest BCUT2D eigenvalue weighted by atomic mass is 10.1. The number of carboxylic acids is 1. The highest BCUT2D eigenvalue weighted by Crippen LogP contribution is 2.41. The Bertz CT molecular complexity index is 1950. The molecule has 1 aliphatic rings. The molecule has 4 aromatic rings. The first kappa shape index (κ1) is 35.1. The number of carbonyl (C=O) groups is 2. The number of nitriles is 1. The number of carboxylic acid groups (broad SMARTS) is 1. The molecule has 5 rings (SSSR count). The van der Waals surface area contributed by atoms with E-state index in [9.17, 15) is 20.0 Å². The number of rotatable bonds is 14. The van der Waals surface area contributed by atoms with Crippen LogP contribution in [-0.2, 0) is 20.9 Å². The molecule has 0 aliphatic carbocycles. The van der Waals surface area contributed by atoms with Crippen molar-refractivity contribution in [1.29, 1.82) is 5.26 Å². The largest absolute Gasteiger partial charge is 0.485 e. The van der Waals surface area contributed by atoms with Gasteiger partial charge in [0.15, 0.2) is 11.5 Å². The number of hydrogen-bond donors (Lipinski definition) is 1. The van der Waals surface area contributed by atoms with Crippen LogP contribution in [0.15, 0.2) is 77.8 Å². The van der Waals surface area contributed by atoms with Crippen molar-refractivity contribution in [2.75, 3.05) is 38.7 Å². The topological polar surface area (TPSA) is 147 Å². The van der Waals surface area contributed by atoms with Gasteiger partial charge in [-0.2, -0.15) is 19.0 Å². The van der Waals surface area contributed by atoms with Gasteiger partial charge in [-0.05, 0) is 36.8 Å². The van der Waals surface area contributed by atoms with Gasteiger partial charge in [0.25, 0.3) is 11.8 Å². The van der Waals surface area contributed by atoms with E-state index in [0.29, 0.717) is 24.5 Å². The number of ether oxygens (including phenoxy) is 4. The molecule has 0 saturated heterocycles. The fourth-order valence-corrected chi connectivity index (χ4v) is 5.14. The third-order valence-corrected chi connectivity index (χ3v) is 7.62. The Morgan fingerprint density at radius 2 is 1.76 bits per heavy atom. The molecule has 12 nitrogen and oxygen atoms in total. The minimum atomic E-state index is -1.65. The van der Waals surface area contributed by atoms with Crippen molar-refractivity contribution in [2.45, 2.75) is 26.0 Å². The highest BCUT2D eigenvalue weighted by Gasteiger charge is 2.35. The molecule has 3 aromatic carbocycles. The van der Waals surface area contributed by atoms with Crippen molar-refractivity contribution in [2.24, 2.45) is 4.99 Å². The molecule has 1 unspecified atom stereocenters. The lowest BCUT2D eigenvalue weighted by molar-refractivity contribution is -0.149. The van der Waals surface area contributed by atoms with E-state index in [1.54, 1.807) is 18.2 Å². The molecule has 0 amide bonds. The molecule has 2 heterocycles. The van der Waals surface area contributed by atoms with Crippen LogP contribution in [-0.4, -0.2) is 72.6 Å². The lowest BCUT2D eigenvalue weighted by Crippen LogP contribution is -2.42. The fourth-order valence-electron chi connectivity index (χ4n) is 5.14. The summed E-state index contributed by atoms with van der Waals surface area (Å²) < 4.78 is 55.6. The molecular weight excluding hydrogens is 652 g/mol. The zero-order valence-corrected chi connectivity index (χ0v) is 27.4. The number of aliphatic imine (C=N–C) groups is 1. The zero-order chi connectivity index (χ0) is 35.8. The number of halogens is 2. The maximum atomic E-state index is 16.5. The molecule has 0 saturated carbocycles. The van der Waals surface area contributed by atoms with Crippen LogP contribution < -0.4 is 19.1 Å². The second-order valence-corrected chi connectivity index (χ2v) is 11.1. The number of aromatic nitrogens is 1. The smallest absolute Gasteiger partial charge is 0.329 e. The monoisotopic (exact) mass is 685 g/mol. The number of pyridine rings is 1. The van der Waals surface area contributed by atoms with E-state index in [1.807, 2.05) is 48.3 Å². The second-order valence-electron chi connectivity index (χ2n) is 11.1. The summed E-state index contributed by atoms with van der Waals surface area (Å²) in [5.41, 5.74) is 0.762. The Kier molecular flexibility index (Phi) is 11.1. The van der Waals surface area contributed by atoms with Gasteiger partial charge < -0.3 is 33.9 Å². The highest BCUT2D eigenvalue weighted by atomic mass is 19.1. The standard InChI is InChI=1S/C36H33F2N5O7/c1-4-47-36(46)26(19-29(44)45)43(3)32-30(37)34(49-25-12-8-11-24(18-25)33-40-15-16-42(33)2)41-35(31(32)38)50-28-17-23(20-39)13-14-27(28)48-21-22-9-6-5-7-10-22/h5-14,17-18,26H,4,15-16,19,21H2,1-3H3,(H,44,45). The molecule has 0 bridgehead atoms. The third kappa shape index (κ3) is 8.07. The van der Waals surface area contributed by atoms with Gasteiger partial charge >= 0.3 is 11.9 Å². The van der Waals surface area contributed by atoms with Crippen LogP contribution in [0.5, 0.6) is 29.0 Å². The number of aliphatic carboxylic acids is 1. The average Bonchev–Trinajstić information content (AvgIpc) is 3.54. The van der Waals surface area contributed by atoms with E-state index in [-0.39, 0.29) is 36.0 Å². The van der Waals surface area contributed by atoms with Gasteiger partial charge in [-0.3, -0.25) is 9.79 Å². The van der Waals surface area contributed by atoms with Crippen LogP contribution in [0.4, 0.5) is 14.5 Å². The summed E-state index contributed by atoms with van der Waals surface area (Å²) in [4.78, 5) is 35.8. The Morgan fingerprint density at radius 3 is 2.42 bits per heavy atom. The molecule has 0 spiro atoms. The van der Waals surface area contributed by atoms with Gasteiger partial charge in [-0.25, -0.2) is 4.79 Å². The summed E-state index contributed by atoms with van der Waals surface area (Å²) in [6.45, 7) is 2.82. The molecular formula is C36H33F2N5O7. The number of amidine groups is 1. The van der Waals surface area contributed by atoms with Crippen LogP contribution in [0.2, 0.25) is 0 Å². The minimum Gasteiger partial charge on any atom is -0.485 e. The van der Waals surface area contributed by atoms with E-state index in [2.05, 4.69) is 9.98 Å². The van der Waals surface area contributed by atoms with Gasteiger partial charge in [-0.1, -0.05) is 42.5 Å². The summed E-state index contributed by atoms with van der Waals surface area (Å²) in [5, 5.41) is 19.1. The zero-order valence-electron chi connectivity index (χ0n) is 27.4. The van der Waals surface area contributed by atoms with Crippen LogP contribution in [0.1, 0.15) is 30.0 Å². The van der Waals surface area contributed by atoms with Crippen LogP contribution in [0.25, 0.3) is 0 Å². The molecule has 0 fully saturated rings. The van der Waals surface area contributed by atoms with Gasteiger partial charge in [0.05, 0.1) is 31.2 Å². The predicted molar refractivity (Wildman–Crippen MR) is 178 cm³/mol. The van der Waals surface area contributed by atoms with Crippen molar-refractivity contribution >= 4 is 23.5 Å². The molecule has 1 N–H and O–H groups in total. The molecule has 258 valence electrons.